The van der Waals surface area contributed by atoms with E-state index in [4.69, 9.17) is 4.74 Å². The summed E-state index contributed by atoms with van der Waals surface area (Å²) in [6, 6.07) is 7.37. The summed E-state index contributed by atoms with van der Waals surface area (Å²) < 4.78 is 18.4. The minimum absolute atomic E-state index is 0.120. The summed E-state index contributed by atoms with van der Waals surface area (Å²) in [5.74, 6) is 0.194. The number of anilines is 2. The lowest BCUT2D eigenvalue weighted by Crippen LogP contribution is -1.99. The van der Waals surface area contributed by atoms with Crippen LogP contribution < -0.4 is 10.1 Å². The molecular formula is C16H13FN4O3. The summed E-state index contributed by atoms with van der Waals surface area (Å²) in [4.78, 5) is 18.9. The average Bonchev–Trinajstić information content (AvgIpc) is 2.57. The quantitative estimate of drug-likeness (QED) is 0.579. The molecule has 0 aliphatic rings. The van der Waals surface area contributed by atoms with Gasteiger partial charge >= 0.3 is 5.69 Å². The minimum Gasteiger partial charge on any atom is -0.490 e. The summed E-state index contributed by atoms with van der Waals surface area (Å²) in [7, 11) is 1.36. The van der Waals surface area contributed by atoms with Gasteiger partial charge in [0.2, 0.25) is 0 Å². The number of ether oxygens (including phenoxy) is 1. The van der Waals surface area contributed by atoms with Crippen molar-refractivity contribution in [3.63, 3.8) is 0 Å². The van der Waals surface area contributed by atoms with Crippen molar-refractivity contribution in [2.45, 2.75) is 6.92 Å². The van der Waals surface area contributed by atoms with Gasteiger partial charge in [0.1, 0.15) is 18.0 Å². The number of nitrogens with one attached hydrogen (secondary N) is 1. The maximum atomic E-state index is 13.4. The fourth-order valence-corrected chi connectivity index (χ4v) is 2.34. The molecule has 3 aromatic rings. The standard InChI is InChI=1S/C16H13FN4O3/c1-9-5-10(3-4-12(9)17)20-16-11-6-14(21(22)23)15(24-2)7-13(11)18-8-19-16/h3-8H,1-2H3,(H,18,19,20). The zero-order valence-electron chi connectivity index (χ0n) is 12.9. The number of nitro groups is 1. The molecule has 0 unspecified atom stereocenters. The molecule has 0 saturated carbocycles. The van der Waals surface area contributed by atoms with Crippen LogP contribution in [0, 0.1) is 22.9 Å². The second-order valence-electron chi connectivity index (χ2n) is 5.11. The van der Waals surface area contributed by atoms with Crippen molar-refractivity contribution in [1.82, 2.24) is 9.97 Å². The molecule has 7 nitrogen and oxygen atoms in total. The normalized spacial score (nSPS) is 10.6. The molecule has 0 saturated heterocycles. The first kappa shape index (κ1) is 15.6. The molecule has 0 radical (unpaired) electrons. The van der Waals surface area contributed by atoms with Crippen LogP contribution in [0.25, 0.3) is 10.9 Å². The Labute approximate surface area is 136 Å². The predicted molar refractivity (Wildman–Crippen MR) is 87.2 cm³/mol. The number of rotatable bonds is 4. The first-order valence-electron chi connectivity index (χ1n) is 7.00. The SMILES string of the molecule is COc1cc2ncnc(Nc3ccc(F)c(C)c3)c2cc1[N+](=O)[O-]. The summed E-state index contributed by atoms with van der Waals surface area (Å²) in [6.45, 7) is 1.65. The van der Waals surface area contributed by atoms with Crippen LogP contribution in [0.1, 0.15) is 5.56 Å². The van der Waals surface area contributed by atoms with E-state index >= 15 is 0 Å². The highest BCUT2D eigenvalue weighted by atomic mass is 19.1. The van der Waals surface area contributed by atoms with Crippen LogP contribution in [0.15, 0.2) is 36.7 Å². The highest BCUT2D eigenvalue weighted by molar-refractivity contribution is 5.93. The van der Waals surface area contributed by atoms with Gasteiger partial charge in [-0.25, -0.2) is 14.4 Å². The number of fused-ring (bicyclic) bond motifs is 1. The molecule has 1 N–H and O–H groups in total. The highest BCUT2D eigenvalue weighted by Gasteiger charge is 2.18. The van der Waals surface area contributed by atoms with Crippen molar-refractivity contribution >= 4 is 28.1 Å². The number of aryl methyl sites for hydroxylation is 1. The fourth-order valence-electron chi connectivity index (χ4n) is 2.34. The predicted octanol–water partition coefficient (Wildman–Crippen LogP) is 3.74. The number of aromatic nitrogens is 2. The Morgan fingerprint density at radius 2 is 2.04 bits per heavy atom. The topological polar surface area (TPSA) is 90.2 Å². The van der Waals surface area contributed by atoms with Crippen molar-refractivity contribution in [3.05, 3.63) is 58.2 Å². The van der Waals surface area contributed by atoms with Gasteiger partial charge in [-0.2, -0.15) is 0 Å². The minimum atomic E-state index is -0.531. The zero-order valence-corrected chi connectivity index (χ0v) is 12.9. The fraction of sp³-hybridized carbons (Fsp3) is 0.125. The van der Waals surface area contributed by atoms with Crippen LogP contribution in [0.2, 0.25) is 0 Å². The lowest BCUT2D eigenvalue weighted by Gasteiger charge is -2.10. The molecule has 0 aliphatic carbocycles. The summed E-state index contributed by atoms with van der Waals surface area (Å²) in [5.41, 5.74) is 1.41. The Morgan fingerprint density at radius 1 is 1.25 bits per heavy atom. The Bertz CT molecular complexity index is 946. The Morgan fingerprint density at radius 3 is 2.71 bits per heavy atom. The van der Waals surface area contributed by atoms with Gasteiger partial charge in [-0.1, -0.05) is 0 Å². The van der Waals surface area contributed by atoms with E-state index in [0.717, 1.165) is 0 Å². The lowest BCUT2D eigenvalue weighted by molar-refractivity contribution is -0.385. The molecule has 8 heteroatoms. The maximum Gasteiger partial charge on any atom is 0.311 e. The number of hydrogen-bond donors (Lipinski definition) is 1. The Kier molecular flexibility index (Phi) is 3.95. The monoisotopic (exact) mass is 328 g/mol. The van der Waals surface area contributed by atoms with Crippen LogP contribution in [0.3, 0.4) is 0 Å². The van der Waals surface area contributed by atoms with Crippen LogP contribution >= 0.6 is 0 Å². The summed E-state index contributed by atoms with van der Waals surface area (Å²) in [6.07, 6.45) is 1.34. The number of benzene rings is 2. The molecule has 0 spiro atoms. The molecule has 3 rings (SSSR count). The lowest BCUT2D eigenvalue weighted by atomic mass is 10.1. The van der Waals surface area contributed by atoms with E-state index in [-0.39, 0.29) is 17.3 Å². The molecule has 24 heavy (non-hydrogen) atoms. The van der Waals surface area contributed by atoms with Crippen molar-refractivity contribution in [2.75, 3.05) is 12.4 Å². The molecule has 0 atom stereocenters. The van der Waals surface area contributed by atoms with Crippen molar-refractivity contribution in [3.8, 4) is 5.75 Å². The Balaban J connectivity index is 2.12. The van der Waals surface area contributed by atoms with E-state index in [2.05, 4.69) is 15.3 Å². The number of hydrogen-bond acceptors (Lipinski definition) is 6. The van der Waals surface area contributed by atoms with Crippen molar-refractivity contribution in [1.29, 1.82) is 0 Å². The van der Waals surface area contributed by atoms with E-state index in [0.29, 0.717) is 28.0 Å². The van der Waals surface area contributed by atoms with Crippen LogP contribution in [0.5, 0.6) is 5.75 Å². The van der Waals surface area contributed by atoms with Crippen LogP contribution in [0.4, 0.5) is 21.6 Å². The second kappa shape index (κ2) is 6.07. The molecule has 1 heterocycles. The van der Waals surface area contributed by atoms with Gasteiger partial charge in [0.05, 0.1) is 22.9 Å². The van der Waals surface area contributed by atoms with Gasteiger partial charge in [0.25, 0.3) is 0 Å². The largest absolute Gasteiger partial charge is 0.490 e. The molecule has 0 amide bonds. The van der Waals surface area contributed by atoms with Gasteiger partial charge in [-0.05, 0) is 30.7 Å². The molecule has 0 aliphatic heterocycles. The number of methoxy groups -OCH3 is 1. The van der Waals surface area contributed by atoms with Gasteiger partial charge in [-0.3, -0.25) is 10.1 Å². The van der Waals surface area contributed by atoms with Gasteiger partial charge in [0.15, 0.2) is 5.75 Å². The van der Waals surface area contributed by atoms with Crippen molar-refractivity contribution < 1.29 is 14.1 Å². The third-order valence-electron chi connectivity index (χ3n) is 3.55. The molecular weight excluding hydrogens is 315 g/mol. The summed E-state index contributed by atoms with van der Waals surface area (Å²) in [5, 5.41) is 14.7. The number of nitro benzene ring substituents is 1. The van der Waals surface area contributed by atoms with Crippen LogP contribution in [-0.4, -0.2) is 22.0 Å². The van der Waals surface area contributed by atoms with Gasteiger partial charge in [-0.15, -0.1) is 0 Å². The first-order valence-corrected chi connectivity index (χ1v) is 7.00. The maximum absolute atomic E-state index is 13.4. The molecule has 2 aromatic carbocycles. The second-order valence-corrected chi connectivity index (χ2v) is 5.11. The highest BCUT2D eigenvalue weighted by Crippen LogP contribution is 2.34. The molecule has 0 bridgehead atoms. The van der Waals surface area contributed by atoms with E-state index in [1.807, 2.05) is 0 Å². The van der Waals surface area contributed by atoms with E-state index < -0.39 is 4.92 Å². The zero-order chi connectivity index (χ0) is 17.3. The van der Waals surface area contributed by atoms with Gasteiger partial charge in [0, 0.05) is 17.8 Å². The number of halogens is 1. The molecule has 122 valence electrons. The summed E-state index contributed by atoms with van der Waals surface area (Å²) >= 11 is 0. The van der Waals surface area contributed by atoms with E-state index in [1.54, 1.807) is 19.1 Å². The first-order chi connectivity index (χ1) is 11.5. The van der Waals surface area contributed by atoms with E-state index in [9.17, 15) is 14.5 Å². The smallest absolute Gasteiger partial charge is 0.311 e. The van der Waals surface area contributed by atoms with E-state index in [1.165, 1.54) is 31.6 Å². The van der Waals surface area contributed by atoms with Crippen molar-refractivity contribution in [2.24, 2.45) is 0 Å². The van der Waals surface area contributed by atoms with Crippen LogP contribution in [-0.2, 0) is 0 Å². The average molecular weight is 328 g/mol. The Hall–Kier alpha value is -3.29. The van der Waals surface area contributed by atoms with Gasteiger partial charge < -0.3 is 10.1 Å². The number of nitrogens with zero attached hydrogens (tertiary/aromatic N) is 3. The molecule has 1 aromatic heterocycles. The third-order valence-corrected chi connectivity index (χ3v) is 3.55. The molecule has 0 fully saturated rings. The third kappa shape index (κ3) is 2.81.